The van der Waals surface area contributed by atoms with Gasteiger partial charge in [-0.2, -0.15) is 0 Å². The summed E-state index contributed by atoms with van der Waals surface area (Å²) in [4.78, 5) is 2.34. The van der Waals surface area contributed by atoms with E-state index >= 15 is 0 Å². The molecular weight excluding hydrogens is 477 g/mol. The van der Waals surface area contributed by atoms with Crippen LogP contribution in [0.15, 0.2) is 72.8 Å². The van der Waals surface area contributed by atoms with Crippen molar-refractivity contribution in [3.8, 4) is 5.75 Å². The second-order valence-corrected chi connectivity index (χ2v) is 9.91. The number of aliphatic hydroxyl groups is 1. The maximum absolute atomic E-state index is 11.8. The Kier molecular flexibility index (Phi) is 10.9. The van der Waals surface area contributed by atoms with Crippen molar-refractivity contribution in [2.45, 2.75) is 51.6 Å². The fourth-order valence-electron chi connectivity index (χ4n) is 4.35. The first-order valence-corrected chi connectivity index (χ1v) is 13.3. The zero-order valence-corrected chi connectivity index (χ0v) is 22.4. The third-order valence-corrected chi connectivity index (χ3v) is 7.18. The third kappa shape index (κ3) is 8.84. The number of hydrogen-bond acceptors (Lipinski definition) is 3. The molecule has 3 nitrogen and oxygen atoms in total. The average Bonchev–Trinajstić information content (AvgIpc) is 2.88. The van der Waals surface area contributed by atoms with Crippen LogP contribution < -0.4 is 4.74 Å². The molecule has 1 unspecified atom stereocenters. The van der Waals surface area contributed by atoms with Crippen LogP contribution in [0.25, 0.3) is 0 Å². The Labute approximate surface area is 220 Å². The summed E-state index contributed by atoms with van der Waals surface area (Å²) in [5.74, 6) is 0.835. The molecule has 5 heteroatoms. The lowest BCUT2D eigenvalue weighted by atomic mass is 9.83. The maximum Gasteiger partial charge on any atom is 0.119 e. The van der Waals surface area contributed by atoms with E-state index in [1.54, 1.807) is 0 Å². The van der Waals surface area contributed by atoms with E-state index in [2.05, 4.69) is 30.9 Å². The number of benzene rings is 3. The first-order chi connectivity index (χ1) is 16.9. The Bertz CT molecular complexity index is 1000. The van der Waals surface area contributed by atoms with Gasteiger partial charge in [-0.15, -0.1) is 0 Å². The van der Waals surface area contributed by atoms with Gasteiger partial charge in [0.1, 0.15) is 12.4 Å². The molecule has 0 fully saturated rings. The van der Waals surface area contributed by atoms with Gasteiger partial charge < -0.3 is 14.7 Å². The molecule has 1 atom stereocenters. The molecule has 0 aliphatic heterocycles. The average molecular weight is 515 g/mol. The van der Waals surface area contributed by atoms with Crippen molar-refractivity contribution < 1.29 is 9.84 Å². The van der Waals surface area contributed by atoms with Crippen molar-refractivity contribution in [3.63, 3.8) is 0 Å². The van der Waals surface area contributed by atoms with Crippen LogP contribution in [-0.2, 0) is 18.4 Å². The van der Waals surface area contributed by atoms with Crippen LogP contribution in [0.2, 0.25) is 10.0 Å². The molecule has 0 aromatic heterocycles. The highest BCUT2D eigenvalue weighted by atomic mass is 35.5. The van der Waals surface area contributed by atoms with E-state index in [4.69, 9.17) is 27.9 Å². The van der Waals surface area contributed by atoms with Gasteiger partial charge in [0, 0.05) is 16.6 Å². The Morgan fingerprint density at radius 2 is 1.29 bits per heavy atom. The lowest BCUT2D eigenvalue weighted by molar-refractivity contribution is 0.0167. The topological polar surface area (TPSA) is 32.7 Å². The summed E-state index contributed by atoms with van der Waals surface area (Å²) in [5.41, 5.74) is 2.40. The fourth-order valence-corrected chi connectivity index (χ4v) is 4.60. The van der Waals surface area contributed by atoms with E-state index < -0.39 is 5.60 Å². The minimum absolute atomic E-state index is 0.636. The lowest BCUT2D eigenvalue weighted by Gasteiger charge is -2.29. The number of ether oxygens (including phenoxy) is 1. The first-order valence-electron chi connectivity index (χ1n) is 12.6. The highest BCUT2D eigenvalue weighted by molar-refractivity contribution is 6.30. The van der Waals surface area contributed by atoms with Crippen LogP contribution in [0.3, 0.4) is 0 Å². The summed E-state index contributed by atoms with van der Waals surface area (Å²) in [6.07, 6.45) is 3.85. The molecule has 3 rings (SSSR count). The molecule has 0 saturated heterocycles. The highest BCUT2D eigenvalue weighted by Crippen LogP contribution is 2.33. The summed E-state index contributed by atoms with van der Waals surface area (Å²) < 4.78 is 5.95. The molecular formula is C30H37Cl2NO2. The maximum atomic E-state index is 11.8. The smallest absolute Gasteiger partial charge is 0.119 e. The van der Waals surface area contributed by atoms with Gasteiger partial charge in [0.25, 0.3) is 0 Å². The summed E-state index contributed by atoms with van der Waals surface area (Å²) in [7, 11) is 0. The normalized spacial score (nSPS) is 13.1. The van der Waals surface area contributed by atoms with Crippen molar-refractivity contribution in [1.29, 1.82) is 0 Å². The lowest BCUT2D eigenvalue weighted by Crippen LogP contribution is -2.28. The molecule has 0 radical (unpaired) electrons. The van der Waals surface area contributed by atoms with Gasteiger partial charge in [0.2, 0.25) is 0 Å². The monoisotopic (exact) mass is 513 g/mol. The number of nitrogens with zero attached hydrogens (tertiary/aromatic N) is 1. The van der Waals surface area contributed by atoms with Gasteiger partial charge >= 0.3 is 0 Å². The molecule has 0 saturated carbocycles. The van der Waals surface area contributed by atoms with Crippen LogP contribution in [0.5, 0.6) is 5.75 Å². The molecule has 3 aromatic carbocycles. The first kappa shape index (κ1) is 27.5. The Hall–Kier alpha value is -2.04. The van der Waals surface area contributed by atoms with Crippen molar-refractivity contribution in [3.05, 3.63) is 99.5 Å². The quantitative estimate of drug-likeness (QED) is 0.241. The van der Waals surface area contributed by atoms with Gasteiger partial charge in [0.15, 0.2) is 0 Å². The summed E-state index contributed by atoms with van der Waals surface area (Å²) in [6.45, 7) is 7.94. The number of aryl methyl sites for hydroxylation is 2. The Morgan fingerprint density at radius 3 is 1.83 bits per heavy atom. The van der Waals surface area contributed by atoms with Crippen LogP contribution in [-0.4, -0.2) is 36.2 Å². The van der Waals surface area contributed by atoms with Crippen molar-refractivity contribution >= 4 is 23.2 Å². The number of halogens is 2. The van der Waals surface area contributed by atoms with E-state index in [9.17, 15) is 5.11 Å². The van der Waals surface area contributed by atoms with E-state index in [1.165, 1.54) is 11.1 Å². The van der Waals surface area contributed by atoms with Gasteiger partial charge in [-0.3, -0.25) is 0 Å². The van der Waals surface area contributed by atoms with Crippen LogP contribution in [0, 0.1) is 0 Å². The highest BCUT2D eigenvalue weighted by Gasteiger charge is 2.28. The molecule has 0 bridgehead atoms. The molecule has 0 heterocycles. The predicted molar refractivity (Wildman–Crippen MR) is 148 cm³/mol. The van der Waals surface area contributed by atoms with E-state index in [0.29, 0.717) is 19.4 Å². The Balaban J connectivity index is 1.66. The fraction of sp³-hybridized carbons (Fsp3) is 0.400. The van der Waals surface area contributed by atoms with E-state index in [-0.39, 0.29) is 0 Å². The van der Waals surface area contributed by atoms with Crippen LogP contribution in [0.4, 0.5) is 0 Å². The van der Waals surface area contributed by atoms with Crippen molar-refractivity contribution in [2.24, 2.45) is 0 Å². The molecule has 0 spiro atoms. The number of likely N-dealkylation sites (N-methyl/N-ethyl adjacent to an activating group) is 1. The standard InChI is InChI=1S/C30H37Cl2NO2/c1-3-33(4-2)22-23-35-29-17-11-26(12-18-29)30(34,21-19-25-9-15-28(32)16-10-25)20-5-6-24-7-13-27(31)14-8-24/h7-18,34H,3-6,19-23H2,1-2H3. The van der Waals surface area contributed by atoms with Gasteiger partial charge in [-0.25, -0.2) is 0 Å². The van der Waals surface area contributed by atoms with Gasteiger partial charge in [-0.05, 0) is 98.3 Å². The van der Waals surface area contributed by atoms with Crippen molar-refractivity contribution in [1.82, 2.24) is 4.90 Å². The third-order valence-electron chi connectivity index (χ3n) is 6.67. The van der Waals surface area contributed by atoms with Gasteiger partial charge in [0.05, 0.1) is 5.60 Å². The van der Waals surface area contributed by atoms with Gasteiger partial charge in [-0.1, -0.05) is 73.4 Å². The summed E-state index contributed by atoms with van der Waals surface area (Å²) in [6, 6.07) is 23.8. The second-order valence-electron chi connectivity index (χ2n) is 9.04. The molecule has 0 amide bonds. The molecule has 188 valence electrons. The summed E-state index contributed by atoms with van der Waals surface area (Å²) >= 11 is 12.1. The second kappa shape index (κ2) is 13.9. The SMILES string of the molecule is CCN(CC)CCOc1ccc(C(O)(CCCc2ccc(Cl)cc2)CCc2ccc(Cl)cc2)cc1. The number of rotatable bonds is 14. The molecule has 0 aliphatic carbocycles. The molecule has 3 aromatic rings. The van der Waals surface area contributed by atoms with Crippen molar-refractivity contribution in [2.75, 3.05) is 26.2 Å². The zero-order chi connectivity index (χ0) is 25.1. The van der Waals surface area contributed by atoms with Crippen LogP contribution in [0.1, 0.15) is 49.8 Å². The molecule has 35 heavy (non-hydrogen) atoms. The largest absolute Gasteiger partial charge is 0.492 e. The van der Waals surface area contributed by atoms with Crippen LogP contribution >= 0.6 is 23.2 Å². The number of hydrogen-bond donors (Lipinski definition) is 1. The van der Waals surface area contributed by atoms with E-state index in [1.807, 2.05) is 60.7 Å². The molecule has 0 aliphatic rings. The molecule has 1 N–H and O–H groups in total. The van der Waals surface area contributed by atoms with E-state index in [0.717, 1.165) is 60.3 Å². The minimum atomic E-state index is -0.925. The predicted octanol–water partition coefficient (Wildman–Crippen LogP) is 7.56. The zero-order valence-electron chi connectivity index (χ0n) is 20.9. The minimum Gasteiger partial charge on any atom is -0.492 e. The summed E-state index contributed by atoms with van der Waals surface area (Å²) in [5, 5.41) is 13.3. The Morgan fingerprint density at radius 1 is 0.743 bits per heavy atom.